The first-order valence-corrected chi connectivity index (χ1v) is 8.03. The molecule has 0 aromatic heterocycles. The Kier molecular flexibility index (Phi) is 5.84. The van der Waals surface area contributed by atoms with Crippen LogP contribution in [-0.4, -0.2) is 55.2 Å². The van der Waals surface area contributed by atoms with Crippen LogP contribution in [0.3, 0.4) is 0 Å². The Balaban J connectivity index is 2.45. The van der Waals surface area contributed by atoms with Gasteiger partial charge in [0.15, 0.2) is 6.17 Å². The second-order valence-corrected chi connectivity index (χ2v) is 5.49. The van der Waals surface area contributed by atoms with Gasteiger partial charge in [-0.05, 0) is 25.5 Å². The Morgan fingerprint density at radius 2 is 1.80 bits per heavy atom. The van der Waals surface area contributed by atoms with E-state index in [1.165, 1.54) is 6.92 Å². The van der Waals surface area contributed by atoms with Crippen LogP contribution in [0, 0.1) is 0 Å². The van der Waals surface area contributed by atoms with Gasteiger partial charge in [-0.3, -0.25) is 14.8 Å². The van der Waals surface area contributed by atoms with E-state index in [0.29, 0.717) is 5.57 Å². The van der Waals surface area contributed by atoms with Crippen LogP contribution in [0.5, 0.6) is 0 Å². The van der Waals surface area contributed by atoms with E-state index in [0.717, 1.165) is 5.57 Å². The lowest BCUT2D eigenvalue weighted by Gasteiger charge is -2.30. The minimum absolute atomic E-state index is 0.0619. The average Bonchev–Trinajstić information content (AvgIpc) is 2.97. The summed E-state index contributed by atoms with van der Waals surface area (Å²) in [6.45, 7) is 4.59. The average molecular weight is 347 g/mol. The third-order valence-corrected chi connectivity index (χ3v) is 3.70. The summed E-state index contributed by atoms with van der Waals surface area (Å²) in [7, 11) is 0. The molecule has 0 saturated carbocycles. The molecule has 0 aliphatic carbocycles. The second kappa shape index (κ2) is 7.87. The quantitative estimate of drug-likeness (QED) is 0.540. The molecule has 1 N–H and O–H groups in total. The van der Waals surface area contributed by atoms with Crippen molar-refractivity contribution < 1.29 is 23.9 Å². The number of aliphatic imine (C=N–C) groups is 2. The fraction of sp³-hybridized carbons (Fsp3) is 0.471. The van der Waals surface area contributed by atoms with Crippen LogP contribution >= 0.6 is 0 Å². The van der Waals surface area contributed by atoms with Crippen LogP contribution in [0.25, 0.3) is 0 Å². The minimum Gasteiger partial charge on any atom is -0.464 e. The topological polar surface area (TPSA) is 106 Å². The van der Waals surface area contributed by atoms with Gasteiger partial charge < -0.3 is 14.8 Å². The summed E-state index contributed by atoms with van der Waals surface area (Å²) < 4.78 is 10.1. The highest BCUT2D eigenvalue weighted by molar-refractivity contribution is 6.09. The van der Waals surface area contributed by atoms with E-state index in [4.69, 9.17) is 9.47 Å². The molecular formula is C17H21N3O5. The molecule has 8 nitrogen and oxygen atoms in total. The van der Waals surface area contributed by atoms with Crippen molar-refractivity contribution in [3.05, 3.63) is 23.3 Å². The monoisotopic (exact) mass is 347 g/mol. The maximum atomic E-state index is 12.6. The van der Waals surface area contributed by atoms with Crippen molar-refractivity contribution in [2.24, 2.45) is 9.98 Å². The molecule has 0 fully saturated rings. The molecule has 0 aromatic carbocycles. The molecule has 2 rings (SSSR count). The number of fused-ring (bicyclic) bond motifs is 1. The summed E-state index contributed by atoms with van der Waals surface area (Å²) in [5, 5.41) is 2.44. The summed E-state index contributed by atoms with van der Waals surface area (Å²) in [4.78, 5) is 45.4. The third kappa shape index (κ3) is 3.84. The maximum absolute atomic E-state index is 12.6. The van der Waals surface area contributed by atoms with E-state index in [-0.39, 0.29) is 25.8 Å². The number of ether oxygens (including phenoxy) is 2. The van der Waals surface area contributed by atoms with Crippen LogP contribution in [-0.2, 0) is 23.9 Å². The summed E-state index contributed by atoms with van der Waals surface area (Å²) in [5.74, 6) is -2.27. The highest BCUT2D eigenvalue weighted by Gasteiger charge is 2.51. The molecule has 0 aromatic rings. The number of amides is 1. The normalized spacial score (nSPS) is 18.1. The number of hydrogen-bond acceptors (Lipinski definition) is 7. The predicted octanol–water partition coefficient (Wildman–Crippen LogP) is 0.725. The van der Waals surface area contributed by atoms with Crippen LogP contribution in [0.15, 0.2) is 33.3 Å². The molecule has 8 heteroatoms. The first-order chi connectivity index (χ1) is 11.9. The number of carbonyl (C=O) groups excluding carboxylic acids is 3. The lowest BCUT2D eigenvalue weighted by molar-refractivity contribution is -0.167. The number of nitrogens with one attached hydrogen (secondary N) is 1. The van der Waals surface area contributed by atoms with Gasteiger partial charge in [0.1, 0.15) is 0 Å². The molecule has 2 aliphatic rings. The third-order valence-electron chi connectivity index (χ3n) is 3.70. The van der Waals surface area contributed by atoms with Crippen molar-refractivity contribution in [3.8, 4) is 0 Å². The summed E-state index contributed by atoms with van der Waals surface area (Å²) in [5.41, 5.74) is -0.574. The van der Waals surface area contributed by atoms with Crippen molar-refractivity contribution in [2.75, 3.05) is 13.2 Å². The number of dihydropyridines is 1. The van der Waals surface area contributed by atoms with Crippen molar-refractivity contribution in [3.63, 3.8) is 0 Å². The van der Waals surface area contributed by atoms with Gasteiger partial charge in [-0.2, -0.15) is 0 Å². The van der Waals surface area contributed by atoms with Gasteiger partial charge in [0.25, 0.3) is 0 Å². The van der Waals surface area contributed by atoms with Crippen LogP contribution in [0.2, 0.25) is 0 Å². The summed E-state index contributed by atoms with van der Waals surface area (Å²) >= 11 is 0. The van der Waals surface area contributed by atoms with Crippen LogP contribution in [0.4, 0.5) is 0 Å². The largest absolute Gasteiger partial charge is 0.464 e. The van der Waals surface area contributed by atoms with Crippen molar-refractivity contribution in [1.82, 2.24) is 5.32 Å². The predicted molar refractivity (Wildman–Crippen MR) is 91.4 cm³/mol. The van der Waals surface area contributed by atoms with E-state index < -0.39 is 23.4 Å². The van der Waals surface area contributed by atoms with Gasteiger partial charge in [0, 0.05) is 31.3 Å². The number of hydrogen-bond donors (Lipinski definition) is 1. The van der Waals surface area contributed by atoms with Crippen molar-refractivity contribution in [2.45, 2.75) is 38.9 Å². The Labute approximate surface area is 145 Å². The number of carbonyl (C=O) groups is 3. The molecule has 0 radical (unpaired) electrons. The minimum atomic E-state index is -1.96. The zero-order valence-corrected chi connectivity index (χ0v) is 14.4. The Bertz CT molecular complexity index is 672. The highest BCUT2D eigenvalue weighted by atomic mass is 16.6. The molecule has 0 spiro atoms. The molecule has 1 unspecified atom stereocenters. The van der Waals surface area contributed by atoms with E-state index in [1.807, 2.05) is 6.08 Å². The lowest BCUT2D eigenvalue weighted by Crippen LogP contribution is -2.61. The molecule has 2 aliphatic heterocycles. The van der Waals surface area contributed by atoms with Gasteiger partial charge >= 0.3 is 11.9 Å². The van der Waals surface area contributed by atoms with Gasteiger partial charge in [0.2, 0.25) is 11.4 Å². The summed E-state index contributed by atoms with van der Waals surface area (Å²) in [6, 6.07) is 0. The maximum Gasteiger partial charge on any atom is 0.344 e. The molecular weight excluding hydrogens is 326 g/mol. The van der Waals surface area contributed by atoms with E-state index in [9.17, 15) is 14.4 Å². The SMILES string of the molecule is CCOC(=O)C(CC1=C2C=CC=NC2N=C1)(NC(C)=O)C(=O)OCC. The number of nitrogens with zero attached hydrogens (tertiary/aromatic N) is 2. The number of allylic oxidation sites excluding steroid dienone is 1. The first kappa shape index (κ1) is 18.6. The molecule has 0 saturated heterocycles. The van der Waals surface area contributed by atoms with E-state index in [1.54, 1.807) is 32.4 Å². The molecule has 134 valence electrons. The van der Waals surface area contributed by atoms with Gasteiger partial charge in [-0.1, -0.05) is 6.08 Å². The van der Waals surface area contributed by atoms with Crippen molar-refractivity contribution >= 4 is 30.3 Å². The Hall–Kier alpha value is -2.77. The highest BCUT2D eigenvalue weighted by Crippen LogP contribution is 2.30. The lowest BCUT2D eigenvalue weighted by atomic mass is 9.88. The van der Waals surface area contributed by atoms with E-state index in [2.05, 4.69) is 15.3 Å². The Morgan fingerprint density at radius 3 is 2.36 bits per heavy atom. The molecule has 1 amide bonds. The van der Waals surface area contributed by atoms with Gasteiger partial charge in [-0.25, -0.2) is 9.59 Å². The first-order valence-electron chi connectivity index (χ1n) is 8.03. The smallest absolute Gasteiger partial charge is 0.344 e. The zero-order chi connectivity index (χ0) is 18.4. The van der Waals surface area contributed by atoms with E-state index >= 15 is 0 Å². The van der Waals surface area contributed by atoms with Crippen LogP contribution in [0.1, 0.15) is 27.2 Å². The molecule has 2 heterocycles. The Morgan fingerprint density at radius 1 is 1.16 bits per heavy atom. The molecule has 25 heavy (non-hydrogen) atoms. The van der Waals surface area contributed by atoms with Gasteiger partial charge in [0.05, 0.1) is 13.2 Å². The van der Waals surface area contributed by atoms with Crippen molar-refractivity contribution in [1.29, 1.82) is 0 Å². The summed E-state index contributed by atoms with van der Waals surface area (Å²) in [6.07, 6.45) is 6.23. The number of esters is 2. The second-order valence-electron chi connectivity index (χ2n) is 5.49. The molecule has 1 atom stereocenters. The fourth-order valence-electron chi connectivity index (χ4n) is 2.69. The number of rotatable bonds is 7. The van der Waals surface area contributed by atoms with Crippen LogP contribution < -0.4 is 5.32 Å². The molecule has 0 bridgehead atoms. The standard InChI is InChI=1S/C17H21N3O5/c1-4-24-15(22)17(20-11(3)21,16(23)25-5-2)9-12-10-19-14-13(12)7-6-8-18-14/h6-8,10,14H,4-5,9H2,1-3H3,(H,20,21). The van der Waals surface area contributed by atoms with Gasteiger partial charge in [-0.15, -0.1) is 0 Å². The zero-order valence-electron chi connectivity index (χ0n) is 14.4. The fourth-order valence-corrected chi connectivity index (χ4v) is 2.69.